The minimum Gasteiger partial charge on any atom is -0.632 e. The number of hydroxylamine groups is 3. The van der Waals surface area contributed by atoms with E-state index >= 15 is 0 Å². The second-order valence-corrected chi connectivity index (χ2v) is 7.31. The van der Waals surface area contributed by atoms with Crippen LogP contribution in [-0.2, 0) is 12.8 Å². The maximum atomic E-state index is 13.6. The van der Waals surface area contributed by atoms with Crippen LogP contribution in [0.5, 0.6) is 23.0 Å². The summed E-state index contributed by atoms with van der Waals surface area (Å²) < 4.78 is 21.8. The third kappa shape index (κ3) is 1.70. The molecule has 2 aromatic rings. The Hall–Kier alpha value is -2.44. The molecule has 25 heavy (non-hydrogen) atoms. The van der Waals surface area contributed by atoms with Gasteiger partial charge in [0.1, 0.15) is 12.1 Å². The van der Waals surface area contributed by atoms with Gasteiger partial charge >= 0.3 is 0 Å². The van der Waals surface area contributed by atoms with Crippen molar-refractivity contribution in [3.63, 3.8) is 0 Å². The van der Waals surface area contributed by atoms with E-state index in [1.165, 1.54) is 11.1 Å². The fraction of sp³-hybridized carbons (Fsp3) is 0.368. The van der Waals surface area contributed by atoms with Gasteiger partial charge in [0.05, 0.1) is 7.05 Å². The van der Waals surface area contributed by atoms with Gasteiger partial charge in [0.25, 0.3) is 0 Å². The van der Waals surface area contributed by atoms with E-state index in [1.807, 2.05) is 12.1 Å². The van der Waals surface area contributed by atoms with Crippen LogP contribution in [0.25, 0.3) is 0 Å². The van der Waals surface area contributed by atoms with Gasteiger partial charge in [-0.2, -0.15) is 0 Å². The minimum absolute atomic E-state index is 0.142. The molecule has 0 aliphatic carbocycles. The van der Waals surface area contributed by atoms with Crippen LogP contribution in [0.2, 0.25) is 0 Å². The molecule has 0 N–H and O–H groups in total. The molecule has 0 saturated heterocycles. The van der Waals surface area contributed by atoms with Crippen molar-refractivity contribution < 1.29 is 23.6 Å². The van der Waals surface area contributed by atoms with Crippen LogP contribution < -0.4 is 18.9 Å². The first-order chi connectivity index (χ1) is 12.1. The first kappa shape index (κ1) is 13.8. The Labute approximate surface area is 144 Å². The van der Waals surface area contributed by atoms with Crippen LogP contribution in [0.1, 0.15) is 34.3 Å². The second-order valence-electron chi connectivity index (χ2n) is 7.31. The lowest BCUT2D eigenvalue weighted by Gasteiger charge is -2.57. The molecule has 0 amide bonds. The molecule has 6 heteroatoms. The van der Waals surface area contributed by atoms with Crippen molar-refractivity contribution >= 4 is 0 Å². The van der Waals surface area contributed by atoms with Crippen LogP contribution in [0.3, 0.4) is 0 Å². The number of hydrogen-bond donors (Lipinski definition) is 0. The lowest BCUT2D eigenvalue weighted by Crippen LogP contribution is -2.52. The Bertz CT molecular complexity index is 849. The topological polar surface area (TPSA) is 60.0 Å². The zero-order valence-corrected chi connectivity index (χ0v) is 13.8. The van der Waals surface area contributed by atoms with E-state index in [2.05, 4.69) is 12.1 Å². The predicted molar refractivity (Wildman–Crippen MR) is 87.6 cm³/mol. The van der Waals surface area contributed by atoms with Gasteiger partial charge in [-0.1, -0.05) is 0 Å². The van der Waals surface area contributed by atoms with Crippen molar-refractivity contribution in [2.24, 2.45) is 0 Å². The first-order valence-corrected chi connectivity index (χ1v) is 8.53. The van der Waals surface area contributed by atoms with E-state index in [4.69, 9.17) is 18.9 Å². The molecule has 0 spiro atoms. The first-order valence-electron chi connectivity index (χ1n) is 8.53. The van der Waals surface area contributed by atoms with Gasteiger partial charge in [0.15, 0.2) is 23.0 Å². The number of nitrogens with zero attached hydrogens (tertiary/aromatic N) is 1. The van der Waals surface area contributed by atoms with Gasteiger partial charge in [0.2, 0.25) is 13.6 Å². The molecular weight excluding hydrogens is 322 g/mol. The highest BCUT2D eigenvalue weighted by Gasteiger charge is 2.47. The van der Waals surface area contributed by atoms with Gasteiger partial charge < -0.3 is 28.8 Å². The fourth-order valence-corrected chi connectivity index (χ4v) is 4.74. The van der Waals surface area contributed by atoms with E-state index in [9.17, 15) is 5.21 Å². The standard InChI is InChI=1S/C19H17NO5/c1-20(21)14-2-10-4-16-18(24-8-22-16)6-12(10)15(20)3-11-5-17-19(7-13(11)14)25-9-23-17/h4-7,14-15H,2-3,8-9H2,1H3/t14-,15-/m1/s1. The van der Waals surface area contributed by atoms with Crippen LogP contribution in [0.15, 0.2) is 24.3 Å². The van der Waals surface area contributed by atoms with Crippen molar-refractivity contribution in [2.45, 2.75) is 24.9 Å². The van der Waals surface area contributed by atoms with Crippen LogP contribution in [-0.4, -0.2) is 25.3 Å². The van der Waals surface area contributed by atoms with E-state index in [-0.39, 0.29) is 30.3 Å². The van der Waals surface area contributed by atoms with E-state index in [1.54, 1.807) is 7.05 Å². The number of rotatable bonds is 0. The quantitative estimate of drug-likeness (QED) is 0.545. The third-order valence-electron chi connectivity index (χ3n) is 6.05. The molecule has 0 aromatic heterocycles. The number of fused-ring (bicyclic) bond motifs is 8. The van der Waals surface area contributed by atoms with Crippen molar-refractivity contribution in [2.75, 3.05) is 20.6 Å². The maximum Gasteiger partial charge on any atom is 0.231 e. The van der Waals surface area contributed by atoms with Crippen molar-refractivity contribution in [1.29, 1.82) is 0 Å². The molecule has 0 fully saturated rings. The monoisotopic (exact) mass is 339 g/mol. The molecule has 6 rings (SSSR count). The van der Waals surface area contributed by atoms with Crippen LogP contribution in [0.4, 0.5) is 0 Å². The lowest BCUT2D eigenvalue weighted by atomic mass is 9.76. The van der Waals surface area contributed by atoms with Crippen molar-refractivity contribution in [3.8, 4) is 23.0 Å². The summed E-state index contributed by atoms with van der Waals surface area (Å²) in [7, 11) is 1.79. The van der Waals surface area contributed by atoms with Gasteiger partial charge in [-0.15, -0.1) is 0 Å². The van der Waals surface area contributed by atoms with Crippen molar-refractivity contribution in [3.05, 3.63) is 51.7 Å². The Morgan fingerprint density at radius 1 is 0.760 bits per heavy atom. The normalized spacial score (nSPS) is 30.0. The number of ether oxygens (including phenoxy) is 4. The smallest absolute Gasteiger partial charge is 0.231 e. The van der Waals surface area contributed by atoms with E-state index in [0.717, 1.165) is 34.1 Å². The molecule has 2 bridgehead atoms. The predicted octanol–water partition coefficient (Wildman–Crippen LogP) is 2.98. The molecule has 0 unspecified atom stereocenters. The molecule has 4 aliphatic rings. The molecule has 0 saturated carbocycles. The van der Waals surface area contributed by atoms with Crippen LogP contribution in [0, 0.1) is 5.21 Å². The average Bonchev–Trinajstić information content (AvgIpc) is 3.21. The summed E-state index contributed by atoms with van der Waals surface area (Å²) in [4.78, 5) is 0. The zero-order chi connectivity index (χ0) is 16.8. The minimum atomic E-state index is -0.292. The Kier molecular flexibility index (Phi) is 2.42. The second kappa shape index (κ2) is 4.39. The summed E-state index contributed by atoms with van der Waals surface area (Å²) in [6.45, 7) is 0.495. The Morgan fingerprint density at radius 2 is 1.16 bits per heavy atom. The molecule has 6 nitrogen and oxygen atoms in total. The van der Waals surface area contributed by atoms with E-state index < -0.39 is 0 Å². The summed E-state index contributed by atoms with van der Waals surface area (Å²) in [6.07, 6.45) is 1.38. The lowest BCUT2D eigenvalue weighted by molar-refractivity contribution is -0.927. The fourth-order valence-electron chi connectivity index (χ4n) is 4.74. The summed E-state index contributed by atoms with van der Waals surface area (Å²) >= 11 is 0. The van der Waals surface area contributed by atoms with Crippen LogP contribution >= 0.6 is 0 Å². The average molecular weight is 339 g/mol. The molecule has 2 aromatic carbocycles. The van der Waals surface area contributed by atoms with Gasteiger partial charge in [-0.3, -0.25) is 0 Å². The Balaban J connectivity index is 1.54. The Morgan fingerprint density at radius 3 is 1.60 bits per heavy atom. The summed E-state index contributed by atoms with van der Waals surface area (Å²) in [5.41, 5.74) is 4.55. The molecule has 4 aliphatic heterocycles. The molecule has 0 radical (unpaired) electrons. The molecule has 128 valence electrons. The summed E-state index contributed by atoms with van der Waals surface area (Å²) in [6, 6.07) is 7.83. The number of quaternary nitrogens is 1. The SMILES string of the molecule is C[N+]1([O-])[C@@H]2Cc3cc4c(cc3[C@H]1Cc1cc3c(cc12)OCO3)OCO4. The summed E-state index contributed by atoms with van der Waals surface area (Å²) in [5, 5.41) is 13.6. The summed E-state index contributed by atoms with van der Waals surface area (Å²) in [5.74, 6) is 3.05. The van der Waals surface area contributed by atoms with Gasteiger partial charge in [-0.25, -0.2) is 0 Å². The van der Waals surface area contributed by atoms with Crippen molar-refractivity contribution in [1.82, 2.24) is 0 Å². The molecular formula is C19H17NO5. The van der Waals surface area contributed by atoms with Gasteiger partial charge in [0, 0.05) is 24.0 Å². The van der Waals surface area contributed by atoms with E-state index in [0.29, 0.717) is 12.8 Å². The molecule has 4 heterocycles. The highest BCUT2D eigenvalue weighted by Crippen LogP contribution is 2.54. The number of hydrogen-bond acceptors (Lipinski definition) is 5. The van der Waals surface area contributed by atoms with Gasteiger partial charge in [-0.05, 0) is 35.4 Å². The number of benzene rings is 2. The maximum absolute atomic E-state index is 13.6. The highest BCUT2D eigenvalue weighted by atomic mass is 16.7. The highest BCUT2D eigenvalue weighted by molar-refractivity contribution is 5.55. The molecule has 2 atom stereocenters. The number of likely N-dealkylation sites (N-methyl/N-ethyl adjacent to an activating group) is 1. The largest absolute Gasteiger partial charge is 0.632 e. The zero-order valence-electron chi connectivity index (χ0n) is 13.8. The third-order valence-corrected chi connectivity index (χ3v) is 6.05.